The van der Waals surface area contributed by atoms with Crippen LogP contribution in [0.15, 0.2) is 34.3 Å². The predicted molar refractivity (Wildman–Crippen MR) is 67.4 cm³/mol. The Morgan fingerprint density at radius 3 is 2.50 bits per heavy atom. The van der Waals surface area contributed by atoms with Crippen molar-refractivity contribution in [3.8, 4) is 0 Å². The van der Waals surface area contributed by atoms with Crippen LogP contribution in [0.25, 0.3) is 0 Å². The van der Waals surface area contributed by atoms with Gasteiger partial charge in [0.15, 0.2) is 0 Å². The van der Waals surface area contributed by atoms with E-state index in [1.54, 1.807) is 6.07 Å². The molecule has 92 valence electrons. The average molecular weight is 310 g/mol. The number of nitrogens with zero attached hydrogens (tertiary/aromatic N) is 1. The van der Waals surface area contributed by atoms with Gasteiger partial charge < -0.3 is 5.11 Å². The van der Waals surface area contributed by atoms with Gasteiger partial charge in [0.25, 0.3) is 11.8 Å². The molecule has 1 N–H and O–H groups in total. The number of para-hydroxylation sites is 1. The third-order valence-corrected chi connectivity index (χ3v) is 3.18. The van der Waals surface area contributed by atoms with Gasteiger partial charge in [-0.05, 0) is 35.0 Å². The van der Waals surface area contributed by atoms with E-state index in [9.17, 15) is 14.4 Å². The number of hydrogen-bond acceptors (Lipinski definition) is 3. The summed E-state index contributed by atoms with van der Waals surface area (Å²) in [4.78, 5) is 35.6. The van der Waals surface area contributed by atoms with Crippen LogP contribution in [-0.4, -0.2) is 22.9 Å². The van der Waals surface area contributed by atoms with Crippen molar-refractivity contribution in [1.82, 2.24) is 0 Å². The van der Waals surface area contributed by atoms with E-state index in [4.69, 9.17) is 5.11 Å². The number of carboxylic acid groups (broad SMARTS) is 1. The second kappa shape index (κ2) is 4.38. The van der Waals surface area contributed by atoms with E-state index < -0.39 is 17.8 Å². The molecular weight excluding hydrogens is 302 g/mol. The van der Waals surface area contributed by atoms with Crippen molar-refractivity contribution in [2.75, 3.05) is 4.90 Å². The van der Waals surface area contributed by atoms with Crippen LogP contribution in [0, 0.1) is 0 Å². The number of rotatable bonds is 2. The van der Waals surface area contributed by atoms with Crippen LogP contribution in [0.5, 0.6) is 0 Å². The van der Waals surface area contributed by atoms with Crippen molar-refractivity contribution in [3.05, 3.63) is 39.9 Å². The summed E-state index contributed by atoms with van der Waals surface area (Å²) in [6.07, 6.45) is 1.19. The van der Waals surface area contributed by atoms with Crippen molar-refractivity contribution < 1.29 is 19.5 Å². The number of hydrogen-bond donors (Lipinski definition) is 1. The van der Waals surface area contributed by atoms with Gasteiger partial charge >= 0.3 is 5.97 Å². The number of benzene rings is 1. The maximum atomic E-state index is 11.9. The first-order valence-electron chi connectivity index (χ1n) is 5.02. The molecule has 18 heavy (non-hydrogen) atoms. The van der Waals surface area contributed by atoms with E-state index in [0.717, 1.165) is 4.90 Å². The third kappa shape index (κ3) is 1.84. The second-order valence-corrected chi connectivity index (χ2v) is 4.60. The van der Waals surface area contributed by atoms with Gasteiger partial charge in [0.1, 0.15) is 0 Å². The van der Waals surface area contributed by atoms with E-state index in [1.807, 2.05) is 0 Å². The summed E-state index contributed by atoms with van der Waals surface area (Å²) in [5, 5.41) is 9.10. The maximum Gasteiger partial charge on any atom is 0.337 e. The molecule has 0 bridgehead atoms. The van der Waals surface area contributed by atoms with Crippen LogP contribution in [0.2, 0.25) is 0 Å². The van der Waals surface area contributed by atoms with Gasteiger partial charge in [-0.3, -0.25) is 9.59 Å². The molecule has 6 heteroatoms. The molecule has 0 spiro atoms. The molecule has 2 rings (SSSR count). The summed E-state index contributed by atoms with van der Waals surface area (Å²) in [5.74, 6) is -2.24. The molecule has 1 aromatic rings. The summed E-state index contributed by atoms with van der Waals surface area (Å²) >= 11 is 3.17. The van der Waals surface area contributed by atoms with E-state index in [-0.39, 0.29) is 16.8 Å². The number of carbonyl (C=O) groups is 3. The Hall–Kier alpha value is -1.95. The summed E-state index contributed by atoms with van der Waals surface area (Å²) in [5.41, 5.74) is 0.245. The molecule has 1 heterocycles. The zero-order valence-electron chi connectivity index (χ0n) is 9.31. The molecule has 1 aliphatic heterocycles. The van der Waals surface area contributed by atoms with Gasteiger partial charge in [0.05, 0.1) is 11.3 Å². The van der Waals surface area contributed by atoms with Gasteiger partial charge in [0.2, 0.25) is 0 Å². The monoisotopic (exact) mass is 309 g/mol. The number of imide groups is 1. The molecule has 0 radical (unpaired) electrons. The lowest BCUT2D eigenvalue weighted by atomic mass is 10.1. The molecule has 0 saturated heterocycles. The molecular formula is C12H8BrNO4. The minimum atomic E-state index is -1.20. The van der Waals surface area contributed by atoms with Gasteiger partial charge in [-0.15, -0.1) is 0 Å². The van der Waals surface area contributed by atoms with E-state index >= 15 is 0 Å². The minimum Gasteiger partial charge on any atom is -0.478 e. The van der Waals surface area contributed by atoms with Crippen molar-refractivity contribution >= 4 is 39.4 Å². The molecule has 0 unspecified atom stereocenters. The van der Waals surface area contributed by atoms with Crippen LogP contribution >= 0.6 is 15.9 Å². The number of carboxylic acids is 1. The summed E-state index contributed by atoms with van der Waals surface area (Å²) in [6, 6.07) is 4.45. The fourth-order valence-electron chi connectivity index (χ4n) is 1.71. The normalized spacial score (nSPS) is 15.0. The van der Waals surface area contributed by atoms with Crippen LogP contribution in [0.1, 0.15) is 17.3 Å². The van der Waals surface area contributed by atoms with Crippen LogP contribution < -0.4 is 4.90 Å². The number of aromatic carboxylic acids is 1. The highest BCUT2D eigenvalue weighted by molar-refractivity contribution is 9.10. The maximum absolute atomic E-state index is 11.9. The predicted octanol–water partition coefficient (Wildman–Crippen LogP) is 1.97. The quantitative estimate of drug-likeness (QED) is 0.848. The van der Waals surface area contributed by atoms with Crippen molar-refractivity contribution in [2.45, 2.75) is 6.92 Å². The Morgan fingerprint density at radius 2 is 2.00 bits per heavy atom. The first-order chi connectivity index (χ1) is 8.43. The van der Waals surface area contributed by atoms with Crippen LogP contribution in [0.4, 0.5) is 5.69 Å². The average Bonchev–Trinajstić information content (AvgIpc) is 2.54. The third-order valence-electron chi connectivity index (χ3n) is 2.54. The fourth-order valence-corrected chi connectivity index (χ4v) is 2.26. The van der Waals surface area contributed by atoms with E-state index in [2.05, 4.69) is 15.9 Å². The number of anilines is 1. The Morgan fingerprint density at radius 1 is 1.33 bits per heavy atom. The second-order valence-electron chi connectivity index (χ2n) is 3.75. The Bertz CT molecular complexity index is 606. The Labute approximate surface area is 111 Å². The lowest BCUT2D eigenvalue weighted by Crippen LogP contribution is -2.32. The smallest absolute Gasteiger partial charge is 0.337 e. The lowest BCUT2D eigenvalue weighted by Gasteiger charge is -2.18. The Kier molecular flexibility index (Phi) is 3.04. The minimum absolute atomic E-state index is 0.0631. The summed E-state index contributed by atoms with van der Waals surface area (Å²) in [7, 11) is 0. The highest BCUT2D eigenvalue weighted by Crippen LogP contribution is 2.33. The molecule has 0 aromatic heterocycles. The molecule has 0 saturated carbocycles. The first-order valence-corrected chi connectivity index (χ1v) is 5.81. The molecule has 2 amide bonds. The summed E-state index contributed by atoms with van der Waals surface area (Å²) in [6.45, 7) is 1.51. The highest BCUT2D eigenvalue weighted by atomic mass is 79.9. The molecule has 5 nitrogen and oxygen atoms in total. The molecule has 0 atom stereocenters. The van der Waals surface area contributed by atoms with Crippen molar-refractivity contribution in [3.63, 3.8) is 0 Å². The van der Waals surface area contributed by atoms with Gasteiger partial charge in [-0.1, -0.05) is 6.07 Å². The molecule has 0 aliphatic carbocycles. The van der Waals surface area contributed by atoms with Crippen LogP contribution in [-0.2, 0) is 9.59 Å². The number of amides is 2. The standard InChI is InChI=1S/C12H8BrNO4/c1-6-5-9(15)14(11(6)16)10-7(12(17)18)3-2-4-8(10)13/h2-5H,1H3,(H,17,18). The van der Waals surface area contributed by atoms with Gasteiger partial charge in [-0.2, -0.15) is 0 Å². The lowest BCUT2D eigenvalue weighted by molar-refractivity contribution is -0.120. The number of carbonyl (C=O) groups excluding carboxylic acids is 2. The first kappa shape index (κ1) is 12.5. The highest BCUT2D eigenvalue weighted by Gasteiger charge is 2.33. The molecule has 1 aliphatic rings. The van der Waals surface area contributed by atoms with Gasteiger partial charge in [-0.25, -0.2) is 9.69 Å². The fraction of sp³-hybridized carbons (Fsp3) is 0.0833. The number of halogens is 1. The zero-order valence-corrected chi connectivity index (χ0v) is 10.9. The topological polar surface area (TPSA) is 74.7 Å². The van der Waals surface area contributed by atoms with E-state index in [1.165, 1.54) is 25.1 Å². The van der Waals surface area contributed by atoms with Gasteiger partial charge in [0, 0.05) is 16.1 Å². The summed E-state index contributed by atoms with van der Waals surface area (Å²) < 4.78 is 0.382. The largest absolute Gasteiger partial charge is 0.478 e. The Balaban J connectivity index is 2.63. The van der Waals surface area contributed by atoms with Crippen molar-refractivity contribution in [2.24, 2.45) is 0 Å². The van der Waals surface area contributed by atoms with Crippen LogP contribution in [0.3, 0.4) is 0 Å². The molecule has 1 aromatic carbocycles. The zero-order chi connectivity index (χ0) is 13.4. The van der Waals surface area contributed by atoms with E-state index in [0.29, 0.717) is 4.47 Å². The molecule has 0 fully saturated rings. The SMILES string of the molecule is CC1=CC(=O)N(c2c(Br)cccc2C(=O)O)C1=O. The van der Waals surface area contributed by atoms with Crippen molar-refractivity contribution in [1.29, 1.82) is 0 Å².